The van der Waals surface area contributed by atoms with E-state index in [-0.39, 0.29) is 5.41 Å². The molecular weight excluding hydrogens is 168 g/mol. The number of aliphatic hydroxyl groups is 1. The maximum Gasteiger partial charge on any atom is 0.0490 e. The summed E-state index contributed by atoms with van der Waals surface area (Å²) in [5.74, 6) is 0. The van der Waals surface area contributed by atoms with Gasteiger partial charge in [0.2, 0.25) is 0 Å². The zero-order valence-corrected chi connectivity index (χ0v) is 7.94. The first-order valence-corrected chi connectivity index (χ1v) is 5.36. The highest BCUT2D eigenvalue weighted by atomic mass is 32.1. The smallest absolute Gasteiger partial charge is 0.0490 e. The van der Waals surface area contributed by atoms with Gasteiger partial charge in [-0.3, -0.25) is 0 Å². The summed E-state index contributed by atoms with van der Waals surface area (Å²) >= 11 is 1.80. The second-order valence-electron chi connectivity index (χ2n) is 3.77. The molecule has 2 heteroatoms. The third-order valence-corrected chi connectivity index (χ3v) is 3.76. The van der Waals surface area contributed by atoms with Gasteiger partial charge < -0.3 is 5.11 Å². The van der Waals surface area contributed by atoms with Crippen LogP contribution in [0.25, 0.3) is 0 Å². The molecule has 0 aromatic carbocycles. The topological polar surface area (TPSA) is 20.2 Å². The van der Waals surface area contributed by atoms with Gasteiger partial charge in [0.15, 0.2) is 0 Å². The minimum Gasteiger partial charge on any atom is -0.396 e. The summed E-state index contributed by atoms with van der Waals surface area (Å²) < 4.78 is 0. The molecule has 2 rings (SSSR count). The Morgan fingerprint density at radius 3 is 2.75 bits per heavy atom. The van der Waals surface area contributed by atoms with E-state index in [1.165, 1.54) is 24.1 Å². The van der Waals surface area contributed by atoms with E-state index in [0.717, 1.165) is 6.42 Å². The van der Waals surface area contributed by atoms with Crippen molar-refractivity contribution in [3.8, 4) is 0 Å². The van der Waals surface area contributed by atoms with E-state index in [1.54, 1.807) is 11.3 Å². The van der Waals surface area contributed by atoms with E-state index in [0.29, 0.717) is 6.61 Å². The fraction of sp³-hybridized carbons (Fsp3) is 0.600. The van der Waals surface area contributed by atoms with Crippen LogP contribution in [0.4, 0.5) is 0 Å². The summed E-state index contributed by atoms with van der Waals surface area (Å²) in [5.41, 5.74) is 0.255. The molecule has 1 N–H and O–H groups in total. The lowest BCUT2D eigenvalue weighted by Crippen LogP contribution is -2.35. The van der Waals surface area contributed by atoms with Crippen molar-refractivity contribution >= 4 is 11.3 Å². The fourth-order valence-electron chi connectivity index (χ4n) is 1.85. The number of aliphatic hydroxyl groups excluding tert-OH is 1. The van der Waals surface area contributed by atoms with E-state index in [9.17, 15) is 5.11 Å². The molecule has 0 spiro atoms. The van der Waals surface area contributed by atoms with Crippen molar-refractivity contribution < 1.29 is 5.11 Å². The summed E-state index contributed by atoms with van der Waals surface area (Å²) in [6.45, 7) is 0.366. The van der Waals surface area contributed by atoms with Crippen molar-refractivity contribution in [2.75, 3.05) is 6.61 Å². The summed E-state index contributed by atoms with van der Waals surface area (Å²) in [6.07, 6.45) is 4.80. The highest BCUT2D eigenvalue weighted by Crippen LogP contribution is 2.43. The average molecular weight is 182 g/mol. The molecule has 0 saturated heterocycles. The van der Waals surface area contributed by atoms with E-state index >= 15 is 0 Å². The standard InChI is InChI=1S/C10H14OS/c11-8-10(4-2-5-10)7-9-3-1-6-12-9/h1,3,6,11H,2,4-5,7-8H2. The lowest BCUT2D eigenvalue weighted by molar-refractivity contribution is 0.0458. The van der Waals surface area contributed by atoms with Crippen LogP contribution in [0.3, 0.4) is 0 Å². The first kappa shape index (κ1) is 8.27. The van der Waals surface area contributed by atoms with Gasteiger partial charge in [-0.05, 0) is 36.1 Å². The third-order valence-electron chi connectivity index (χ3n) is 2.88. The van der Waals surface area contributed by atoms with Gasteiger partial charge in [0.05, 0.1) is 0 Å². The van der Waals surface area contributed by atoms with E-state index < -0.39 is 0 Å². The highest BCUT2D eigenvalue weighted by molar-refractivity contribution is 7.09. The average Bonchev–Trinajstić information content (AvgIpc) is 2.49. The van der Waals surface area contributed by atoms with Crippen LogP contribution in [0.1, 0.15) is 24.1 Å². The SMILES string of the molecule is OCC1(Cc2cccs2)CCC1. The van der Waals surface area contributed by atoms with E-state index in [2.05, 4.69) is 17.5 Å². The molecule has 12 heavy (non-hydrogen) atoms. The zero-order valence-electron chi connectivity index (χ0n) is 7.12. The summed E-state index contributed by atoms with van der Waals surface area (Å²) in [5, 5.41) is 11.4. The molecule has 1 aromatic rings. The second-order valence-corrected chi connectivity index (χ2v) is 4.80. The molecule has 1 saturated carbocycles. The molecule has 1 aromatic heterocycles. The number of rotatable bonds is 3. The molecule has 0 aliphatic heterocycles. The summed E-state index contributed by atoms with van der Waals surface area (Å²) in [6, 6.07) is 4.25. The number of hydrogen-bond acceptors (Lipinski definition) is 2. The zero-order chi connectivity index (χ0) is 8.44. The fourth-order valence-corrected chi connectivity index (χ4v) is 2.73. The predicted octanol–water partition coefficient (Wildman–Crippen LogP) is 2.45. The van der Waals surface area contributed by atoms with Crippen LogP contribution in [0.15, 0.2) is 17.5 Å². The monoisotopic (exact) mass is 182 g/mol. The molecule has 0 unspecified atom stereocenters. The van der Waals surface area contributed by atoms with Gasteiger partial charge in [-0.15, -0.1) is 11.3 Å². The molecule has 1 aliphatic rings. The van der Waals surface area contributed by atoms with Crippen molar-refractivity contribution in [2.45, 2.75) is 25.7 Å². The molecule has 0 atom stereocenters. The lowest BCUT2D eigenvalue weighted by Gasteiger charge is -2.40. The Morgan fingerprint density at radius 1 is 1.50 bits per heavy atom. The van der Waals surface area contributed by atoms with Crippen LogP contribution in [0.2, 0.25) is 0 Å². The largest absolute Gasteiger partial charge is 0.396 e. The predicted molar refractivity (Wildman–Crippen MR) is 51.4 cm³/mol. The van der Waals surface area contributed by atoms with Crippen molar-refractivity contribution in [1.82, 2.24) is 0 Å². The van der Waals surface area contributed by atoms with E-state index in [1.807, 2.05) is 0 Å². The van der Waals surface area contributed by atoms with Crippen LogP contribution < -0.4 is 0 Å². The Morgan fingerprint density at radius 2 is 2.33 bits per heavy atom. The number of thiophene rings is 1. The minimum absolute atomic E-state index is 0.255. The quantitative estimate of drug-likeness (QED) is 0.761. The molecule has 0 radical (unpaired) electrons. The van der Waals surface area contributed by atoms with Crippen LogP contribution >= 0.6 is 11.3 Å². The molecular formula is C10H14OS. The van der Waals surface area contributed by atoms with Gasteiger partial charge in [0, 0.05) is 11.5 Å². The highest BCUT2D eigenvalue weighted by Gasteiger charge is 2.36. The summed E-state index contributed by atoms with van der Waals surface area (Å²) in [4.78, 5) is 1.42. The lowest BCUT2D eigenvalue weighted by atomic mass is 9.67. The van der Waals surface area contributed by atoms with Gasteiger partial charge in [0.25, 0.3) is 0 Å². The molecule has 0 amide bonds. The third kappa shape index (κ3) is 1.41. The molecule has 0 bridgehead atoms. The minimum atomic E-state index is 0.255. The van der Waals surface area contributed by atoms with Gasteiger partial charge in [-0.2, -0.15) is 0 Å². The Hall–Kier alpha value is -0.340. The summed E-state index contributed by atoms with van der Waals surface area (Å²) in [7, 11) is 0. The molecule has 1 fully saturated rings. The van der Waals surface area contributed by atoms with Crippen molar-refractivity contribution in [1.29, 1.82) is 0 Å². The second kappa shape index (κ2) is 3.19. The van der Waals surface area contributed by atoms with Gasteiger partial charge in [-0.25, -0.2) is 0 Å². The van der Waals surface area contributed by atoms with Crippen LogP contribution in [-0.4, -0.2) is 11.7 Å². The first-order chi connectivity index (χ1) is 5.85. The van der Waals surface area contributed by atoms with Crippen LogP contribution in [-0.2, 0) is 6.42 Å². The maximum absolute atomic E-state index is 9.24. The van der Waals surface area contributed by atoms with Gasteiger partial charge >= 0.3 is 0 Å². The van der Waals surface area contributed by atoms with Crippen molar-refractivity contribution in [2.24, 2.45) is 5.41 Å². The van der Waals surface area contributed by atoms with Crippen molar-refractivity contribution in [3.63, 3.8) is 0 Å². The molecule has 1 aliphatic carbocycles. The molecule has 66 valence electrons. The van der Waals surface area contributed by atoms with E-state index in [4.69, 9.17) is 0 Å². The van der Waals surface area contributed by atoms with Crippen LogP contribution in [0.5, 0.6) is 0 Å². The Balaban J connectivity index is 2.01. The maximum atomic E-state index is 9.24. The molecule has 1 nitrogen and oxygen atoms in total. The van der Waals surface area contributed by atoms with Crippen molar-refractivity contribution in [3.05, 3.63) is 22.4 Å². The Kier molecular flexibility index (Phi) is 2.20. The van der Waals surface area contributed by atoms with Crippen LogP contribution in [0, 0.1) is 5.41 Å². The van der Waals surface area contributed by atoms with Gasteiger partial charge in [-0.1, -0.05) is 12.5 Å². The Bertz CT molecular complexity index is 231. The Labute approximate surface area is 77.0 Å². The number of hydrogen-bond donors (Lipinski definition) is 1. The normalized spacial score (nSPS) is 20.4. The first-order valence-electron chi connectivity index (χ1n) is 4.48. The molecule has 1 heterocycles. The van der Waals surface area contributed by atoms with Gasteiger partial charge in [0.1, 0.15) is 0 Å².